The minimum Gasteiger partial charge on any atom is -0.466 e. The summed E-state index contributed by atoms with van der Waals surface area (Å²) in [6.07, 6.45) is 15.6. The summed E-state index contributed by atoms with van der Waals surface area (Å²) in [5.74, 6) is -0.538. The van der Waals surface area contributed by atoms with Gasteiger partial charge in [-0.15, -0.1) is 0 Å². The van der Waals surface area contributed by atoms with Crippen LogP contribution in [0, 0.1) is 0 Å². The normalized spacial score (nSPS) is 15.2. The smallest absolute Gasteiger partial charge is 0.306 e. The molecule has 1 aliphatic carbocycles. The lowest BCUT2D eigenvalue weighted by atomic mass is 9.98. The summed E-state index contributed by atoms with van der Waals surface area (Å²) < 4.78 is 10.6. The number of carbonyl (C=O) groups excluding carboxylic acids is 2. The van der Waals surface area contributed by atoms with Crippen molar-refractivity contribution in [2.45, 2.75) is 109 Å². The number of carbonyl (C=O) groups is 2. The van der Waals surface area contributed by atoms with E-state index in [1.807, 2.05) is 0 Å². The molecule has 0 amide bonds. The molecule has 0 spiro atoms. The van der Waals surface area contributed by atoms with Crippen LogP contribution in [0.25, 0.3) is 0 Å². The SMILES string of the molecule is CCCCCCCCCCOC(=O)CCC(=O)OC1CCCCC1. The van der Waals surface area contributed by atoms with E-state index in [9.17, 15) is 9.59 Å². The van der Waals surface area contributed by atoms with E-state index in [1.54, 1.807) is 0 Å². The summed E-state index contributed by atoms with van der Waals surface area (Å²) in [6.45, 7) is 2.70. The zero-order valence-electron chi connectivity index (χ0n) is 15.5. The first kappa shape index (κ1) is 21.0. The van der Waals surface area contributed by atoms with Gasteiger partial charge in [-0.2, -0.15) is 0 Å². The fraction of sp³-hybridized carbons (Fsp3) is 0.900. The van der Waals surface area contributed by atoms with Gasteiger partial charge in [-0.05, 0) is 32.1 Å². The largest absolute Gasteiger partial charge is 0.466 e. The van der Waals surface area contributed by atoms with E-state index < -0.39 is 0 Å². The second-order valence-electron chi connectivity index (χ2n) is 6.95. The first-order valence-corrected chi connectivity index (χ1v) is 10.1. The summed E-state index contributed by atoms with van der Waals surface area (Å²) in [4.78, 5) is 23.3. The number of hydrogen-bond acceptors (Lipinski definition) is 4. The summed E-state index contributed by atoms with van der Waals surface area (Å²) in [5.41, 5.74) is 0. The number of esters is 2. The van der Waals surface area contributed by atoms with E-state index in [4.69, 9.17) is 9.47 Å². The van der Waals surface area contributed by atoms with Gasteiger partial charge in [0.2, 0.25) is 0 Å². The second kappa shape index (κ2) is 14.3. The Balaban J connectivity index is 1.89. The maximum atomic E-state index is 11.7. The third-order valence-electron chi connectivity index (χ3n) is 4.64. The maximum Gasteiger partial charge on any atom is 0.306 e. The lowest BCUT2D eigenvalue weighted by molar-refractivity contribution is -0.154. The summed E-state index contributed by atoms with van der Waals surface area (Å²) in [6, 6.07) is 0. The fourth-order valence-electron chi connectivity index (χ4n) is 3.13. The lowest BCUT2D eigenvalue weighted by Gasteiger charge is -2.21. The van der Waals surface area contributed by atoms with Crippen molar-refractivity contribution in [2.24, 2.45) is 0 Å². The Labute approximate surface area is 147 Å². The van der Waals surface area contributed by atoms with Crippen LogP contribution in [0.5, 0.6) is 0 Å². The molecule has 0 N–H and O–H groups in total. The molecule has 0 aromatic heterocycles. The van der Waals surface area contributed by atoms with E-state index in [0.29, 0.717) is 6.61 Å². The average molecular weight is 341 g/mol. The van der Waals surface area contributed by atoms with Crippen LogP contribution in [-0.4, -0.2) is 24.6 Å². The molecule has 24 heavy (non-hydrogen) atoms. The highest BCUT2D eigenvalue weighted by atomic mass is 16.5. The molecule has 0 aliphatic heterocycles. The maximum absolute atomic E-state index is 11.7. The monoisotopic (exact) mass is 340 g/mol. The highest BCUT2D eigenvalue weighted by molar-refractivity contribution is 5.77. The van der Waals surface area contributed by atoms with E-state index in [1.165, 1.54) is 44.9 Å². The quantitative estimate of drug-likeness (QED) is 0.336. The molecule has 0 saturated heterocycles. The van der Waals surface area contributed by atoms with Crippen LogP contribution < -0.4 is 0 Å². The molecule has 0 radical (unpaired) electrons. The molecular weight excluding hydrogens is 304 g/mol. The molecular formula is C20H36O4. The van der Waals surface area contributed by atoms with E-state index in [0.717, 1.165) is 38.5 Å². The number of ether oxygens (including phenoxy) is 2. The van der Waals surface area contributed by atoms with Gasteiger partial charge < -0.3 is 9.47 Å². The van der Waals surface area contributed by atoms with Crippen molar-refractivity contribution in [3.05, 3.63) is 0 Å². The van der Waals surface area contributed by atoms with Gasteiger partial charge in [0.15, 0.2) is 0 Å². The predicted molar refractivity (Wildman–Crippen MR) is 95.8 cm³/mol. The molecule has 0 bridgehead atoms. The van der Waals surface area contributed by atoms with Crippen molar-refractivity contribution in [1.82, 2.24) is 0 Å². The minimum atomic E-state index is -0.279. The number of rotatable bonds is 13. The fourth-order valence-corrected chi connectivity index (χ4v) is 3.13. The zero-order valence-corrected chi connectivity index (χ0v) is 15.5. The average Bonchev–Trinajstić information content (AvgIpc) is 2.59. The molecule has 4 heteroatoms. The van der Waals surface area contributed by atoms with Crippen molar-refractivity contribution in [2.75, 3.05) is 6.61 Å². The minimum absolute atomic E-state index is 0.0691. The van der Waals surface area contributed by atoms with Gasteiger partial charge in [0, 0.05) is 0 Å². The van der Waals surface area contributed by atoms with Gasteiger partial charge in [0.1, 0.15) is 6.10 Å². The van der Waals surface area contributed by atoms with Gasteiger partial charge in [-0.1, -0.05) is 58.3 Å². The third kappa shape index (κ3) is 11.5. The van der Waals surface area contributed by atoms with Gasteiger partial charge >= 0.3 is 11.9 Å². The molecule has 0 aromatic rings. The summed E-state index contributed by atoms with van der Waals surface area (Å²) in [5, 5.41) is 0. The van der Waals surface area contributed by atoms with Crippen molar-refractivity contribution in [1.29, 1.82) is 0 Å². The third-order valence-corrected chi connectivity index (χ3v) is 4.64. The van der Waals surface area contributed by atoms with E-state index in [-0.39, 0.29) is 30.9 Å². The van der Waals surface area contributed by atoms with Crippen LogP contribution in [0.4, 0.5) is 0 Å². The van der Waals surface area contributed by atoms with Crippen molar-refractivity contribution in [3.8, 4) is 0 Å². The highest BCUT2D eigenvalue weighted by Gasteiger charge is 2.18. The van der Waals surface area contributed by atoms with Crippen molar-refractivity contribution >= 4 is 11.9 Å². The van der Waals surface area contributed by atoms with Crippen LogP contribution in [0.2, 0.25) is 0 Å². The first-order valence-electron chi connectivity index (χ1n) is 10.1. The Morgan fingerprint density at radius 2 is 1.38 bits per heavy atom. The Morgan fingerprint density at radius 3 is 2.04 bits per heavy atom. The van der Waals surface area contributed by atoms with Crippen LogP contribution in [-0.2, 0) is 19.1 Å². The molecule has 0 atom stereocenters. The second-order valence-corrected chi connectivity index (χ2v) is 6.95. The Kier molecular flexibility index (Phi) is 12.5. The molecule has 1 aliphatic rings. The molecule has 4 nitrogen and oxygen atoms in total. The zero-order chi connectivity index (χ0) is 17.5. The van der Waals surface area contributed by atoms with Crippen LogP contribution in [0.1, 0.15) is 103 Å². The highest BCUT2D eigenvalue weighted by Crippen LogP contribution is 2.20. The van der Waals surface area contributed by atoms with Gasteiger partial charge in [0.05, 0.1) is 19.4 Å². The molecule has 140 valence electrons. The van der Waals surface area contributed by atoms with Crippen LogP contribution in [0.15, 0.2) is 0 Å². The number of hydrogen-bond donors (Lipinski definition) is 0. The first-order chi connectivity index (χ1) is 11.7. The molecule has 0 aromatic carbocycles. The molecule has 1 rings (SSSR count). The van der Waals surface area contributed by atoms with E-state index >= 15 is 0 Å². The summed E-state index contributed by atoms with van der Waals surface area (Å²) in [7, 11) is 0. The standard InChI is InChI=1S/C20H36O4/c1-2-3-4-5-6-7-8-12-17-23-19(21)15-16-20(22)24-18-13-10-9-11-14-18/h18H,2-17H2,1H3. The van der Waals surface area contributed by atoms with E-state index in [2.05, 4.69) is 6.92 Å². The Morgan fingerprint density at radius 1 is 0.792 bits per heavy atom. The molecule has 0 heterocycles. The Bertz CT molecular complexity index is 335. The van der Waals surface area contributed by atoms with Crippen LogP contribution >= 0.6 is 0 Å². The Hall–Kier alpha value is -1.06. The van der Waals surface area contributed by atoms with Gasteiger partial charge in [0.25, 0.3) is 0 Å². The summed E-state index contributed by atoms with van der Waals surface area (Å²) >= 11 is 0. The van der Waals surface area contributed by atoms with Gasteiger partial charge in [-0.3, -0.25) is 9.59 Å². The molecule has 0 unspecified atom stereocenters. The van der Waals surface area contributed by atoms with Crippen LogP contribution in [0.3, 0.4) is 0 Å². The molecule has 1 fully saturated rings. The lowest BCUT2D eigenvalue weighted by Crippen LogP contribution is -2.21. The number of unbranched alkanes of at least 4 members (excludes halogenated alkanes) is 7. The topological polar surface area (TPSA) is 52.6 Å². The van der Waals surface area contributed by atoms with Gasteiger partial charge in [-0.25, -0.2) is 0 Å². The van der Waals surface area contributed by atoms with Crippen molar-refractivity contribution in [3.63, 3.8) is 0 Å². The van der Waals surface area contributed by atoms with Crippen molar-refractivity contribution < 1.29 is 19.1 Å². The molecule has 1 saturated carbocycles. The predicted octanol–water partition coefficient (Wildman–Crippen LogP) is 5.33.